The lowest BCUT2D eigenvalue weighted by Gasteiger charge is -2.17. The van der Waals surface area contributed by atoms with E-state index in [1.54, 1.807) is 18.5 Å². The number of aromatic nitrogens is 3. The molecule has 0 radical (unpaired) electrons. The average Bonchev–Trinajstić information content (AvgIpc) is 3.17. The van der Waals surface area contributed by atoms with Crippen molar-refractivity contribution in [1.29, 1.82) is 10.8 Å². The summed E-state index contributed by atoms with van der Waals surface area (Å²) >= 11 is 0. The van der Waals surface area contributed by atoms with Crippen LogP contribution in [0.3, 0.4) is 0 Å². The summed E-state index contributed by atoms with van der Waals surface area (Å²) in [4.78, 5) is 12.6. The maximum Gasteiger partial charge on any atom is 0.0867 e. The van der Waals surface area contributed by atoms with Crippen LogP contribution in [0.15, 0.2) is 171 Å². The number of nitrogens with one attached hydrogen (secondary N) is 2. The fourth-order valence-electron chi connectivity index (χ4n) is 5.81. The van der Waals surface area contributed by atoms with Gasteiger partial charge in [0.25, 0.3) is 0 Å². The molecule has 0 bridgehead atoms. The van der Waals surface area contributed by atoms with Gasteiger partial charge in [0.1, 0.15) is 0 Å². The lowest BCUT2D eigenvalue weighted by Crippen LogP contribution is -2.15. The first kappa shape index (κ1) is 30.8. The van der Waals surface area contributed by atoms with Gasteiger partial charge in [-0.3, -0.25) is 25.8 Å². The molecule has 8 rings (SSSR count). The molecular weight excluding hydrogens is 601 g/mol. The largest absolute Gasteiger partial charge is 0.399 e. The Morgan fingerprint density at radius 3 is 1.63 bits per heavy atom. The minimum absolute atomic E-state index is 0.213. The Labute approximate surface area is 285 Å². The molecule has 0 spiro atoms. The maximum atomic E-state index is 8.45. The molecular formula is C43H32N6. The van der Waals surface area contributed by atoms with Gasteiger partial charge in [-0.1, -0.05) is 97.1 Å². The van der Waals surface area contributed by atoms with Crippen molar-refractivity contribution in [2.75, 3.05) is 5.73 Å². The Morgan fingerprint density at radius 1 is 0.449 bits per heavy atom. The highest BCUT2D eigenvalue weighted by Crippen LogP contribution is 2.31. The average molecular weight is 633 g/mol. The van der Waals surface area contributed by atoms with Gasteiger partial charge >= 0.3 is 0 Å². The van der Waals surface area contributed by atoms with Crippen LogP contribution in [0.4, 0.5) is 5.69 Å². The van der Waals surface area contributed by atoms with Crippen molar-refractivity contribution < 1.29 is 0 Å². The molecule has 4 N–H and O–H groups in total. The van der Waals surface area contributed by atoms with Gasteiger partial charge in [0.15, 0.2) is 0 Å². The summed E-state index contributed by atoms with van der Waals surface area (Å²) in [5.74, 6) is 0. The first-order valence-electron chi connectivity index (χ1n) is 15.8. The summed E-state index contributed by atoms with van der Waals surface area (Å²) < 4.78 is 0. The standard InChI is InChI=1S/C28H20N4.C15H12N2/c29-27-16-25(21-7-5-19(6-8-21)23-3-1-13-31-17-23)15-26(28(27)30)22-11-9-20(10-12-22)24-4-2-14-32-18-24;16-13-7-5-11(6-8-13)15-10-17-9-12-3-1-2-4-14(12)15/h1-18,29-30H;1-10H,16H2. The number of pyridine rings is 3. The number of anilines is 1. The van der Waals surface area contributed by atoms with Gasteiger partial charge in [0.05, 0.1) is 11.4 Å². The van der Waals surface area contributed by atoms with Crippen molar-refractivity contribution in [3.05, 3.63) is 182 Å². The molecule has 0 aliphatic heterocycles. The third-order valence-corrected chi connectivity index (χ3v) is 8.43. The van der Waals surface area contributed by atoms with E-state index in [1.165, 1.54) is 5.39 Å². The number of nitrogen functional groups attached to an aromatic ring is 1. The molecule has 6 heteroatoms. The van der Waals surface area contributed by atoms with Crippen LogP contribution >= 0.6 is 0 Å². The second-order valence-corrected chi connectivity index (χ2v) is 11.6. The van der Waals surface area contributed by atoms with Crippen LogP contribution in [0, 0.1) is 10.8 Å². The molecule has 1 aliphatic carbocycles. The number of hydrogen-bond donors (Lipinski definition) is 3. The van der Waals surface area contributed by atoms with E-state index in [1.807, 2.05) is 116 Å². The Hall–Kier alpha value is -6.79. The zero-order valence-electron chi connectivity index (χ0n) is 26.6. The van der Waals surface area contributed by atoms with Gasteiger partial charge in [-0.05, 0) is 86.3 Å². The molecule has 0 atom stereocenters. The van der Waals surface area contributed by atoms with Crippen LogP contribution in [-0.2, 0) is 0 Å². The number of nitrogens with two attached hydrogens (primary N) is 1. The van der Waals surface area contributed by atoms with E-state index in [4.69, 9.17) is 16.6 Å². The smallest absolute Gasteiger partial charge is 0.0867 e. The Kier molecular flexibility index (Phi) is 8.76. The molecule has 3 heterocycles. The fourth-order valence-corrected chi connectivity index (χ4v) is 5.81. The molecule has 0 fully saturated rings. The van der Waals surface area contributed by atoms with E-state index in [0.717, 1.165) is 66.7 Å². The van der Waals surface area contributed by atoms with Gasteiger partial charge in [-0.15, -0.1) is 0 Å². The van der Waals surface area contributed by atoms with Crippen LogP contribution in [0.5, 0.6) is 0 Å². The SMILES string of the molecule is N=C1C=C(c2ccc(-c3cccnc3)cc2)C=C(c2ccc(-c3cccnc3)cc2)C1=N.Nc1ccc(-c2cncc3ccccc23)cc1. The van der Waals surface area contributed by atoms with Gasteiger partial charge in [-0.2, -0.15) is 0 Å². The summed E-state index contributed by atoms with van der Waals surface area (Å²) in [6.45, 7) is 0. The van der Waals surface area contributed by atoms with Crippen molar-refractivity contribution >= 4 is 39.0 Å². The number of hydrogen-bond acceptors (Lipinski definition) is 6. The monoisotopic (exact) mass is 632 g/mol. The zero-order valence-corrected chi connectivity index (χ0v) is 26.6. The Balaban J connectivity index is 0.000000186. The summed E-state index contributed by atoms with van der Waals surface area (Å²) in [6, 6.07) is 40.3. The molecule has 0 amide bonds. The van der Waals surface area contributed by atoms with Crippen molar-refractivity contribution in [2.45, 2.75) is 0 Å². The zero-order chi connectivity index (χ0) is 33.6. The van der Waals surface area contributed by atoms with E-state index >= 15 is 0 Å². The number of allylic oxidation sites excluding steroid dienone is 4. The molecule has 49 heavy (non-hydrogen) atoms. The van der Waals surface area contributed by atoms with E-state index in [-0.39, 0.29) is 11.4 Å². The normalized spacial score (nSPS) is 12.5. The molecule has 7 aromatic rings. The van der Waals surface area contributed by atoms with Crippen molar-refractivity contribution in [3.8, 4) is 33.4 Å². The molecule has 1 aliphatic rings. The first-order chi connectivity index (χ1) is 24.0. The van der Waals surface area contributed by atoms with E-state index in [0.29, 0.717) is 0 Å². The highest BCUT2D eigenvalue weighted by molar-refractivity contribution is 6.61. The molecule has 0 saturated carbocycles. The van der Waals surface area contributed by atoms with Crippen LogP contribution in [0.1, 0.15) is 11.1 Å². The predicted molar refractivity (Wildman–Crippen MR) is 202 cm³/mol. The topological polar surface area (TPSA) is 112 Å². The second-order valence-electron chi connectivity index (χ2n) is 11.6. The van der Waals surface area contributed by atoms with E-state index in [9.17, 15) is 0 Å². The van der Waals surface area contributed by atoms with Gasteiger partial charge < -0.3 is 5.73 Å². The third kappa shape index (κ3) is 6.84. The fraction of sp³-hybridized carbons (Fsp3) is 0. The molecule has 0 unspecified atom stereocenters. The number of nitrogens with zero attached hydrogens (tertiary/aromatic N) is 3. The third-order valence-electron chi connectivity index (χ3n) is 8.43. The van der Waals surface area contributed by atoms with Gasteiger partial charge in [0, 0.05) is 59.4 Å². The summed E-state index contributed by atoms with van der Waals surface area (Å²) in [5, 5.41) is 19.2. The summed E-state index contributed by atoms with van der Waals surface area (Å²) in [5.41, 5.74) is 17.1. The van der Waals surface area contributed by atoms with Gasteiger partial charge in [-0.25, -0.2) is 0 Å². The van der Waals surface area contributed by atoms with Gasteiger partial charge in [0.2, 0.25) is 0 Å². The molecule has 234 valence electrons. The lowest BCUT2D eigenvalue weighted by molar-refractivity contribution is 1.33. The maximum absolute atomic E-state index is 8.45. The van der Waals surface area contributed by atoms with Crippen LogP contribution in [0.2, 0.25) is 0 Å². The molecule has 0 saturated heterocycles. The van der Waals surface area contributed by atoms with E-state index in [2.05, 4.69) is 51.4 Å². The number of fused-ring (bicyclic) bond motifs is 1. The van der Waals surface area contributed by atoms with E-state index < -0.39 is 0 Å². The van der Waals surface area contributed by atoms with Crippen molar-refractivity contribution in [2.24, 2.45) is 0 Å². The molecule has 4 aromatic carbocycles. The minimum Gasteiger partial charge on any atom is -0.399 e. The van der Waals surface area contributed by atoms with Crippen LogP contribution in [0.25, 0.3) is 55.3 Å². The molecule has 6 nitrogen and oxygen atoms in total. The second kappa shape index (κ2) is 13.9. The minimum atomic E-state index is 0.213. The Morgan fingerprint density at radius 2 is 1.02 bits per heavy atom. The first-order valence-corrected chi connectivity index (χ1v) is 15.8. The molecule has 3 aromatic heterocycles. The number of benzene rings is 4. The lowest BCUT2D eigenvalue weighted by atomic mass is 9.87. The highest BCUT2D eigenvalue weighted by Gasteiger charge is 2.19. The van der Waals surface area contributed by atoms with Crippen LogP contribution in [-0.4, -0.2) is 26.4 Å². The Bertz CT molecular complexity index is 2320. The summed E-state index contributed by atoms with van der Waals surface area (Å²) in [6.07, 6.45) is 14.7. The summed E-state index contributed by atoms with van der Waals surface area (Å²) in [7, 11) is 0. The highest BCUT2D eigenvalue weighted by atomic mass is 14.6. The number of rotatable bonds is 5. The van der Waals surface area contributed by atoms with Crippen LogP contribution < -0.4 is 5.73 Å². The quantitative estimate of drug-likeness (QED) is 0.129. The van der Waals surface area contributed by atoms with Crippen molar-refractivity contribution in [3.63, 3.8) is 0 Å². The predicted octanol–water partition coefficient (Wildman–Crippen LogP) is 9.81. The van der Waals surface area contributed by atoms with Crippen molar-refractivity contribution in [1.82, 2.24) is 15.0 Å².